The monoisotopic (exact) mass is 694 g/mol. The second kappa shape index (κ2) is 16.2. The Bertz CT molecular complexity index is 1690. The van der Waals surface area contributed by atoms with Crippen molar-refractivity contribution in [2.24, 2.45) is 0 Å². The van der Waals surface area contributed by atoms with Crippen LogP contribution in [-0.2, 0) is 29.6 Å². The maximum absolute atomic E-state index is 13.5. The van der Waals surface area contributed by atoms with Crippen LogP contribution < -0.4 is 5.32 Å². The lowest BCUT2D eigenvalue weighted by molar-refractivity contribution is -0.121. The molecule has 1 amide bonds. The summed E-state index contributed by atoms with van der Waals surface area (Å²) in [5.74, 6) is 0.0493. The number of aryl methyl sites for hydroxylation is 1. The first-order valence-corrected chi connectivity index (χ1v) is 18.0. The van der Waals surface area contributed by atoms with Gasteiger partial charge in [0.1, 0.15) is 0 Å². The topological polar surface area (TPSA) is 32.3 Å². The van der Waals surface area contributed by atoms with Crippen LogP contribution in [0.5, 0.6) is 0 Å². The van der Waals surface area contributed by atoms with E-state index in [1.165, 1.54) is 22.3 Å². The van der Waals surface area contributed by atoms with E-state index in [4.69, 9.17) is 34.8 Å². The fraction of sp³-hybridized carbons (Fsp3) is 0.262. The molecular weight excluding hydrogens is 655 g/mol. The highest BCUT2D eigenvalue weighted by Crippen LogP contribution is 2.43. The molecule has 246 valence electrons. The van der Waals surface area contributed by atoms with E-state index in [0.717, 1.165) is 67.8 Å². The van der Waals surface area contributed by atoms with Crippen LogP contribution in [-0.4, -0.2) is 29.9 Å². The molecule has 0 aromatic heterocycles. The van der Waals surface area contributed by atoms with Crippen LogP contribution in [0.2, 0.25) is 15.1 Å². The molecule has 5 aromatic carbocycles. The van der Waals surface area contributed by atoms with Crippen molar-refractivity contribution in [1.29, 1.82) is 0 Å². The SMILES string of the molecule is O=C(Cc1cccc(Cl)c1CCCCc1ccc(Cl)c(Cl)c1)NC1CCN(C(c2ccccc2)(c2ccccc2)c2ccccc2)CC1. The Labute approximate surface area is 299 Å². The predicted octanol–water partition coefficient (Wildman–Crippen LogP) is 10.3. The summed E-state index contributed by atoms with van der Waals surface area (Å²) in [4.78, 5) is 16.1. The number of carbonyl (C=O) groups excluding carboxylic acids is 1. The van der Waals surface area contributed by atoms with E-state index in [9.17, 15) is 4.79 Å². The fourth-order valence-corrected chi connectivity index (χ4v) is 7.88. The van der Waals surface area contributed by atoms with Gasteiger partial charge in [0.05, 0.1) is 22.0 Å². The molecule has 48 heavy (non-hydrogen) atoms. The fourth-order valence-electron chi connectivity index (χ4n) is 7.27. The highest BCUT2D eigenvalue weighted by Gasteiger charge is 2.43. The van der Waals surface area contributed by atoms with Crippen molar-refractivity contribution < 1.29 is 4.79 Å². The Hall–Kier alpha value is -3.60. The third kappa shape index (κ3) is 7.82. The van der Waals surface area contributed by atoms with Gasteiger partial charge in [-0.25, -0.2) is 0 Å². The van der Waals surface area contributed by atoms with Crippen molar-refractivity contribution in [3.05, 3.63) is 176 Å². The lowest BCUT2D eigenvalue weighted by Gasteiger charge is -2.48. The number of piperidine rings is 1. The number of rotatable bonds is 12. The number of benzene rings is 5. The van der Waals surface area contributed by atoms with Gasteiger partial charge in [0, 0.05) is 24.2 Å². The molecule has 0 atom stereocenters. The zero-order valence-electron chi connectivity index (χ0n) is 27.1. The van der Waals surface area contributed by atoms with Crippen molar-refractivity contribution in [3.8, 4) is 0 Å². The van der Waals surface area contributed by atoms with Crippen LogP contribution >= 0.6 is 34.8 Å². The molecule has 0 radical (unpaired) electrons. The first kappa shape index (κ1) is 34.3. The summed E-state index contributed by atoms with van der Waals surface area (Å²) in [6.07, 6.45) is 5.75. The number of amides is 1. The summed E-state index contributed by atoms with van der Waals surface area (Å²) >= 11 is 18.9. The minimum Gasteiger partial charge on any atom is -0.353 e. The van der Waals surface area contributed by atoms with E-state index < -0.39 is 5.54 Å². The van der Waals surface area contributed by atoms with E-state index in [1.54, 1.807) is 0 Å². The Kier molecular flexibility index (Phi) is 11.6. The van der Waals surface area contributed by atoms with Crippen molar-refractivity contribution in [1.82, 2.24) is 10.2 Å². The number of likely N-dealkylation sites (tertiary alicyclic amines) is 1. The molecule has 0 unspecified atom stereocenters. The Morgan fingerprint density at radius 1 is 0.646 bits per heavy atom. The molecule has 0 spiro atoms. The lowest BCUT2D eigenvalue weighted by Crippen LogP contribution is -2.54. The number of hydrogen-bond acceptors (Lipinski definition) is 2. The van der Waals surface area contributed by atoms with Crippen molar-refractivity contribution in [3.63, 3.8) is 0 Å². The van der Waals surface area contributed by atoms with Gasteiger partial charge in [0.2, 0.25) is 5.91 Å². The van der Waals surface area contributed by atoms with Gasteiger partial charge < -0.3 is 5.32 Å². The molecule has 0 bridgehead atoms. The van der Waals surface area contributed by atoms with Gasteiger partial charge in [-0.15, -0.1) is 0 Å². The molecular formula is C42H41Cl3N2O. The van der Waals surface area contributed by atoms with Crippen molar-refractivity contribution in [2.75, 3.05) is 13.1 Å². The Balaban J connectivity index is 1.11. The normalized spacial score (nSPS) is 14.1. The van der Waals surface area contributed by atoms with Crippen LogP contribution in [0.1, 0.15) is 59.1 Å². The second-order valence-electron chi connectivity index (χ2n) is 12.6. The quantitative estimate of drug-likeness (QED) is 0.104. The maximum atomic E-state index is 13.5. The van der Waals surface area contributed by atoms with Crippen LogP contribution in [0.25, 0.3) is 0 Å². The van der Waals surface area contributed by atoms with E-state index in [-0.39, 0.29) is 11.9 Å². The molecule has 1 aliphatic heterocycles. The van der Waals surface area contributed by atoms with Gasteiger partial charge in [-0.1, -0.05) is 144 Å². The molecule has 1 saturated heterocycles. The summed E-state index contributed by atoms with van der Waals surface area (Å²) in [5, 5.41) is 5.26. The van der Waals surface area contributed by atoms with E-state index in [1.807, 2.05) is 36.4 Å². The number of halogens is 3. The Morgan fingerprint density at radius 3 is 1.77 bits per heavy atom. The summed E-state index contributed by atoms with van der Waals surface area (Å²) in [6, 6.07) is 44.3. The number of hydrogen-bond donors (Lipinski definition) is 1. The standard InChI is InChI=1S/C42H41Cl3N2O/c43-38-22-12-14-32(37(38)21-11-10-13-31-23-24-39(44)40(45)29-31)30-41(48)46-36-25-27-47(28-26-36)42(33-15-4-1-5-16-33,34-17-6-2-7-18-34)35-19-8-3-9-20-35/h1-9,12,14-20,22-24,29,36H,10-11,13,21,25-28,30H2,(H,46,48). The van der Waals surface area contributed by atoms with Crippen LogP contribution in [0.4, 0.5) is 0 Å². The second-order valence-corrected chi connectivity index (χ2v) is 13.9. The van der Waals surface area contributed by atoms with Gasteiger partial charge in [-0.3, -0.25) is 9.69 Å². The molecule has 1 N–H and O–H groups in total. The van der Waals surface area contributed by atoms with Gasteiger partial charge in [0.15, 0.2) is 0 Å². The van der Waals surface area contributed by atoms with Gasteiger partial charge in [-0.05, 0) is 90.1 Å². The number of unbranched alkanes of at least 4 members (excludes halogenated alkanes) is 1. The van der Waals surface area contributed by atoms with E-state index in [2.05, 4.69) is 101 Å². The molecule has 1 aliphatic rings. The minimum atomic E-state index is -0.436. The van der Waals surface area contributed by atoms with Crippen molar-refractivity contribution >= 4 is 40.7 Å². The summed E-state index contributed by atoms with van der Waals surface area (Å²) in [5.41, 5.74) is 6.54. The molecule has 3 nitrogen and oxygen atoms in total. The maximum Gasteiger partial charge on any atom is 0.224 e. The Morgan fingerprint density at radius 2 is 1.21 bits per heavy atom. The average molecular weight is 696 g/mol. The smallest absolute Gasteiger partial charge is 0.224 e. The van der Waals surface area contributed by atoms with E-state index in [0.29, 0.717) is 16.5 Å². The van der Waals surface area contributed by atoms with Crippen LogP contribution in [0.3, 0.4) is 0 Å². The third-order valence-electron chi connectivity index (χ3n) is 9.60. The summed E-state index contributed by atoms with van der Waals surface area (Å²) in [7, 11) is 0. The third-order valence-corrected chi connectivity index (χ3v) is 10.7. The zero-order chi connectivity index (χ0) is 33.3. The van der Waals surface area contributed by atoms with Crippen LogP contribution in [0, 0.1) is 0 Å². The summed E-state index contributed by atoms with van der Waals surface area (Å²) < 4.78 is 0. The molecule has 0 aliphatic carbocycles. The van der Waals surface area contributed by atoms with Crippen molar-refractivity contribution in [2.45, 2.75) is 56.5 Å². The number of nitrogens with zero attached hydrogens (tertiary/aromatic N) is 1. The van der Waals surface area contributed by atoms with Gasteiger partial charge in [0.25, 0.3) is 0 Å². The summed E-state index contributed by atoms with van der Waals surface area (Å²) in [6.45, 7) is 1.70. The lowest BCUT2D eigenvalue weighted by atomic mass is 9.74. The molecule has 5 aromatic rings. The zero-order valence-corrected chi connectivity index (χ0v) is 29.3. The average Bonchev–Trinajstić information content (AvgIpc) is 3.11. The first-order chi connectivity index (χ1) is 23.4. The number of nitrogens with one attached hydrogen (secondary N) is 1. The largest absolute Gasteiger partial charge is 0.353 e. The molecule has 6 heteroatoms. The van der Waals surface area contributed by atoms with E-state index >= 15 is 0 Å². The van der Waals surface area contributed by atoms with Gasteiger partial charge >= 0.3 is 0 Å². The predicted molar refractivity (Wildman–Crippen MR) is 200 cm³/mol. The molecule has 1 fully saturated rings. The molecule has 0 saturated carbocycles. The molecule has 1 heterocycles. The van der Waals surface area contributed by atoms with Crippen LogP contribution in [0.15, 0.2) is 127 Å². The number of carbonyl (C=O) groups is 1. The minimum absolute atomic E-state index is 0.0493. The highest BCUT2D eigenvalue weighted by atomic mass is 35.5. The highest BCUT2D eigenvalue weighted by molar-refractivity contribution is 6.42. The first-order valence-electron chi connectivity index (χ1n) is 16.9. The molecule has 6 rings (SSSR count). The van der Waals surface area contributed by atoms with Gasteiger partial charge in [-0.2, -0.15) is 0 Å².